The second kappa shape index (κ2) is 3.84. The third-order valence-electron chi connectivity index (χ3n) is 1.98. The average molecular weight is 253 g/mol. The summed E-state index contributed by atoms with van der Waals surface area (Å²) in [5.74, 6) is 0.828. The first-order valence-electron chi connectivity index (χ1n) is 4.14. The summed E-state index contributed by atoms with van der Waals surface area (Å²) in [6.07, 6.45) is 3.61. The Labute approximate surface area is 90.2 Å². The highest BCUT2D eigenvalue weighted by Gasteiger charge is 2.08. The van der Waals surface area contributed by atoms with Gasteiger partial charge < -0.3 is 4.74 Å². The van der Waals surface area contributed by atoms with Crippen molar-refractivity contribution in [1.82, 2.24) is 10.2 Å². The van der Waals surface area contributed by atoms with Crippen LogP contribution in [0.2, 0.25) is 0 Å². The van der Waals surface area contributed by atoms with Gasteiger partial charge in [0.15, 0.2) is 0 Å². The molecule has 0 saturated carbocycles. The highest BCUT2D eigenvalue weighted by Crippen LogP contribution is 2.35. The minimum atomic E-state index is 0.828. The van der Waals surface area contributed by atoms with Crippen LogP contribution in [0.15, 0.2) is 35.1 Å². The fourth-order valence-electron chi connectivity index (χ4n) is 1.34. The Morgan fingerprint density at radius 2 is 2.29 bits per heavy atom. The first-order chi connectivity index (χ1) is 6.83. The summed E-state index contributed by atoms with van der Waals surface area (Å²) in [6.45, 7) is 0. The summed E-state index contributed by atoms with van der Waals surface area (Å²) in [6, 6.07) is 5.91. The van der Waals surface area contributed by atoms with E-state index < -0.39 is 0 Å². The summed E-state index contributed by atoms with van der Waals surface area (Å²) < 4.78 is 6.25. The van der Waals surface area contributed by atoms with Crippen LogP contribution in [0.3, 0.4) is 0 Å². The molecule has 72 valence electrons. The van der Waals surface area contributed by atoms with Crippen LogP contribution in [0.4, 0.5) is 0 Å². The molecule has 14 heavy (non-hydrogen) atoms. The molecule has 0 radical (unpaired) electrons. The monoisotopic (exact) mass is 252 g/mol. The molecule has 1 aromatic carbocycles. The van der Waals surface area contributed by atoms with Crippen molar-refractivity contribution >= 4 is 15.9 Å². The maximum Gasteiger partial charge on any atom is 0.140 e. The molecule has 2 rings (SSSR count). The number of benzene rings is 1. The van der Waals surface area contributed by atoms with Crippen molar-refractivity contribution in [1.29, 1.82) is 0 Å². The number of rotatable bonds is 2. The lowest BCUT2D eigenvalue weighted by Gasteiger charge is -2.07. The fourth-order valence-corrected chi connectivity index (χ4v) is 1.87. The number of halogens is 1. The number of methoxy groups -OCH3 is 1. The van der Waals surface area contributed by atoms with Gasteiger partial charge in [0, 0.05) is 17.3 Å². The van der Waals surface area contributed by atoms with Crippen molar-refractivity contribution in [3.05, 3.63) is 35.1 Å². The Bertz CT molecular complexity index is 426. The van der Waals surface area contributed by atoms with E-state index in [2.05, 4.69) is 26.1 Å². The van der Waals surface area contributed by atoms with Gasteiger partial charge in [0.25, 0.3) is 0 Å². The smallest absolute Gasteiger partial charge is 0.140 e. The van der Waals surface area contributed by atoms with E-state index in [1.807, 2.05) is 24.4 Å². The van der Waals surface area contributed by atoms with Crippen molar-refractivity contribution in [3.63, 3.8) is 0 Å². The molecule has 1 aromatic heterocycles. The molecule has 0 unspecified atom stereocenters. The summed E-state index contributed by atoms with van der Waals surface area (Å²) in [7, 11) is 1.66. The number of para-hydroxylation sites is 1. The fraction of sp³-hybridized carbons (Fsp3) is 0.100. The van der Waals surface area contributed by atoms with Crippen molar-refractivity contribution in [2.75, 3.05) is 7.11 Å². The molecule has 0 aliphatic carbocycles. The van der Waals surface area contributed by atoms with Crippen LogP contribution in [0.1, 0.15) is 0 Å². The average Bonchev–Trinajstić information content (AvgIpc) is 2.70. The van der Waals surface area contributed by atoms with Crippen molar-refractivity contribution in [2.45, 2.75) is 0 Å². The molecule has 0 saturated heterocycles. The summed E-state index contributed by atoms with van der Waals surface area (Å²) in [5, 5.41) is 6.69. The van der Waals surface area contributed by atoms with E-state index in [1.54, 1.807) is 13.3 Å². The van der Waals surface area contributed by atoms with Crippen molar-refractivity contribution in [2.24, 2.45) is 0 Å². The van der Waals surface area contributed by atoms with Crippen LogP contribution in [0.5, 0.6) is 5.75 Å². The van der Waals surface area contributed by atoms with Crippen LogP contribution in [-0.2, 0) is 0 Å². The minimum Gasteiger partial charge on any atom is -0.495 e. The van der Waals surface area contributed by atoms with E-state index in [-0.39, 0.29) is 0 Å². The molecule has 1 N–H and O–H groups in total. The molecule has 0 aliphatic heterocycles. The van der Waals surface area contributed by atoms with Gasteiger partial charge in [-0.1, -0.05) is 12.1 Å². The van der Waals surface area contributed by atoms with Gasteiger partial charge in [-0.3, -0.25) is 5.10 Å². The molecule has 4 heteroatoms. The van der Waals surface area contributed by atoms with Crippen LogP contribution in [-0.4, -0.2) is 17.3 Å². The van der Waals surface area contributed by atoms with E-state index in [0.717, 1.165) is 21.3 Å². The first kappa shape index (κ1) is 9.27. The van der Waals surface area contributed by atoms with Gasteiger partial charge in [-0.15, -0.1) is 0 Å². The molecule has 3 nitrogen and oxygen atoms in total. The van der Waals surface area contributed by atoms with Crippen LogP contribution < -0.4 is 4.74 Å². The lowest BCUT2D eigenvalue weighted by molar-refractivity contribution is 0.414. The molecule has 0 atom stereocenters. The van der Waals surface area contributed by atoms with E-state index in [0.29, 0.717) is 0 Å². The number of nitrogens with one attached hydrogen (secondary N) is 1. The largest absolute Gasteiger partial charge is 0.495 e. The summed E-state index contributed by atoms with van der Waals surface area (Å²) in [4.78, 5) is 0. The van der Waals surface area contributed by atoms with Crippen molar-refractivity contribution in [3.8, 4) is 16.9 Å². The maximum absolute atomic E-state index is 5.31. The molecule has 0 fully saturated rings. The SMILES string of the molecule is COc1c(Br)cccc1-c1cn[nH]c1. The number of nitrogens with zero attached hydrogens (tertiary/aromatic N) is 1. The Kier molecular flexibility index (Phi) is 2.54. The number of aromatic nitrogens is 2. The molecular formula is C10H9BrN2O. The standard InChI is InChI=1S/C10H9BrN2O/c1-14-10-8(3-2-4-9(10)11)7-5-12-13-6-7/h2-6H,1H3,(H,12,13). The van der Waals surface area contributed by atoms with Gasteiger partial charge >= 0.3 is 0 Å². The molecular weight excluding hydrogens is 244 g/mol. The van der Waals surface area contributed by atoms with Crippen LogP contribution in [0.25, 0.3) is 11.1 Å². The van der Waals surface area contributed by atoms with Gasteiger partial charge in [0.05, 0.1) is 17.8 Å². The zero-order valence-corrected chi connectivity index (χ0v) is 9.21. The zero-order chi connectivity index (χ0) is 9.97. The number of H-pyrrole nitrogens is 1. The van der Waals surface area contributed by atoms with E-state index in [9.17, 15) is 0 Å². The van der Waals surface area contributed by atoms with Gasteiger partial charge in [-0.05, 0) is 22.0 Å². The zero-order valence-electron chi connectivity index (χ0n) is 7.62. The molecule has 1 heterocycles. The highest BCUT2D eigenvalue weighted by molar-refractivity contribution is 9.10. The summed E-state index contributed by atoms with van der Waals surface area (Å²) in [5.41, 5.74) is 2.04. The van der Waals surface area contributed by atoms with Gasteiger partial charge in [0.2, 0.25) is 0 Å². The van der Waals surface area contributed by atoms with E-state index in [1.165, 1.54) is 0 Å². The third-order valence-corrected chi connectivity index (χ3v) is 2.60. The Balaban J connectivity index is 2.58. The highest BCUT2D eigenvalue weighted by atomic mass is 79.9. The topological polar surface area (TPSA) is 37.9 Å². The Morgan fingerprint density at radius 1 is 1.43 bits per heavy atom. The first-order valence-corrected chi connectivity index (χ1v) is 4.94. The summed E-state index contributed by atoms with van der Waals surface area (Å²) >= 11 is 3.44. The Morgan fingerprint density at radius 3 is 2.93 bits per heavy atom. The van der Waals surface area contributed by atoms with Gasteiger partial charge in [-0.25, -0.2) is 0 Å². The van der Waals surface area contributed by atoms with E-state index >= 15 is 0 Å². The quantitative estimate of drug-likeness (QED) is 0.893. The Hall–Kier alpha value is -1.29. The number of hydrogen-bond donors (Lipinski definition) is 1. The second-order valence-electron chi connectivity index (χ2n) is 2.81. The van der Waals surface area contributed by atoms with E-state index in [4.69, 9.17) is 4.74 Å². The van der Waals surface area contributed by atoms with Crippen molar-refractivity contribution < 1.29 is 4.74 Å². The third kappa shape index (κ3) is 1.53. The lowest BCUT2D eigenvalue weighted by atomic mass is 10.1. The second-order valence-corrected chi connectivity index (χ2v) is 3.66. The predicted molar refractivity (Wildman–Crippen MR) is 58.3 cm³/mol. The van der Waals surface area contributed by atoms with Crippen LogP contribution in [0, 0.1) is 0 Å². The molecule has 0 bridgehead atoms. The predicted octanol–water partition coefficient (Wildman–Crippen LogP) is 2.85. The molecule has 2 aromatic rings. The molecule has 0 amide bonds. The maximum atomic E-state index is 5.31. The van der Waals surface area contributed by atoms with Gasteiger partial charge in [-0.2, -0.15) is 5.10 Å². The molecule has 0 aliphatic rings. The molecule has 0 spiro atoms. The normalized spacial score (nSPS) is 10.1. The number of ether oxygens (including phenoxy) is 1. The minimum absolute atomic E-state index is 0.828. The van der Waals surface area contributed by atoms with Crippen LogP contribution >= 0.6 is 15.9 Å². The lowest BCUT2D eigenvalue weighted by Crippen LogP contribution is -1.87. The number of aromatic amines is 1. The van der Waals surface area contributed by atoms with Gasteiger partial charge in [0.1, 0.15) is 5.75 Å². The number of hydrogen-bond acceptors (Lipinski definition) is 2.